The minimum Gasteiger partial charge on any atom is -1.00 e. The molecule has 0 aliphatic heterocycles. The van der Waals surface area contributed by atoms with E-state index < -0.39 is 0 Å². The second kappa shape index (κ2) is 18.9. The predicted octanol–water partition coefficient (Wildman–Crippen LogP) is 4.63. The van der Waals surface area contributed by atoms with E-state index >= 15 is 0 Å². The van der Waals surface area contributed by atoms with E-state index in [1.807, 2.05) is 30.3 Å². The van der Waals surface area contributed by atoms with Crippen LogP contribution in [0.4, 0.5) is 0 Å². The standard InChI is InChI=1S/C26H48NO.FH/c1-4-5-6-7-8-9-10-11-12-13-14-15-16-20-23-27(2,3)24-25-28-26-21-18-17-19-22-26;/h17-19,21-22H,4-16,20,23-25H2,1-3H3;1H/q+1;/p-1. The summed E-state index contributed by atoms with van der Waals surface area (Å²) in [4.78, 5) is 0. The maximum atomic E-state index is 5.85. The molecule has 1 aromatic carbocycles. The van der Waals surface area contributed by atoms with Crippen LogP contribution in [0, 0.1) is 0 Å². The summed E-state index contributed by atoms with van der Waals surface area (Å²) in [6.45, 7) is 5.43. The Morgan fingerprint density at radius 1 is 0.621 bits per heavy atom. The quantitative estimate of drug-likeness (QED) is 0.239. The molecule has 0 bridgehead atoms. The molecule has 29 heavy (non-hydrogen) atoms. The molecule has 0 atom stereocenters. The lowest BCUT2D eigenvalue weighted by Crippen LogP contribution is -3.00. The third-order valence-corrected chi connectivity index (χ3v) is 5.83. The Morgan fingerprint density at radius 3 is 1.55 bits per heavy atom. The minimum atomic E-state index is 0. The van der Waals surface area contributed by atoms with E-state index in [4.69, 9.17) is 4.74 Å². The van der Waals surface area contributed by atoms with Gasteiger partial charge in [-0.05, 0) is 25.0 Å². The van der Waals surface area contributed by atoms with Crippen LogP contribution in [0.3, 0.4) is 0 Å². The van der Waals surface area contributed by atoms with Crippen LogP contribution in [0.1, 0.15) is 96.8 Å². The number of likely N-dealkylation sites (N-methyl/N-ethyl adjacent to an activating group) is 1. The van der Waals surface area contributed by atoms with Crippen LogP contribution < -0.4 is 9.44 Å². The maximum absolute atomic E-state index is 5.85. The van der Waals surface area contributed by atoms with Crippen LogP contribution in [-0.2, 0) is 0 Å². The van der Waals surface area contributed by atoms with Gasteiger partial charge in [-0.3, -0.25) is 0 Å². The summed E-state index contributed by atoms with van der Waals surface area (Å²) in [6.07, 6.45) is 20.0. The van der Waals surface area contributed by atoms with Crippen molar-refractivity contribution in [2.24, 2.45) is 0 Å². The van der Waals surface area contributed by atoms with E-state index in [0.29, 0.717) is 0 Å². The fourth-order valence-corrected chi connectivity index (χ4v) is 3.77. The third-order valence-electron chi connectivity index (χ3n) is 5.83. The van der Waals surface area contributed by atoms with Gasteiger partial charge in [-0.1, -0.05) is 102 Å². The molecule has 0 aliphatic rings. The first-order chi connectivity index (χ1) is 13.6. The van der Waals surface area contributed by atoms with E-state index in [1.165, 1.54) is 96.4 Å². The van der Waals surface area contributed by atoms with Crippen molar-refractivity contribution in [3.63, 3.8) is 0 Å². The predicted molar refractivity (Wildman–Crippen MR) is 124 cm³/mol. The molecule has 0 unspecified atom stereocenters. The molecule has 0 amide bonds. The molecule has 0 fully saturated rings. The van der Waals surface area contributed by atoms with Crippen LogP contribution >= 0.6 is 0 Å². The SMILES string of the molecule is CCCCCCCCCCCCCCCC[N+](C)(C)CCOc1ccccc1.[F-]. The van der Waals surface area contributed by atoms with Gasteiger partial charge in [-0.15, -0.1) is 0 Å². The second-order valence-electron chi connectivity index (χ2n) is 9.14. The highest BCUT2D eigenvalue weighted by molar-refractivity contribution is 5.20. The first-order valence-electron chi connectivity index (χ1n) is 12.1. The van der Waals surface area contributed by atoms with Gasteiger partial charge in [0.15, 0.2) is 0 Å². The molecule has 0 spiro atoms. The normalized spacial score (nSPS) is 11.3. The van der Waals surface area contributed by atoms with Gasteiger partial charge in [-0.25, -0.2) is 0 Å². The lowest BCUT2D eigenvalue weighted by Gasteiger charge is -2.29. The fraction of sp³-hybridized carbons (Fsp3) is 0.769. The van der Waals surface area contributed by atoms with Crippen LogP contribution in [-0.4, -0.2) is 38.3 Å². The van der Waals surface area contributed by atoms with E-state index in [2.05, 4.69) is 21.0 Å². The summed E-state index contributed by atoms with van der Waals surface area (Å²) < 4.78 is 6.91. The zero-order chi connectivity index (χ0) is 20.3. The van der Waals surface area contributed by atoms with Gasteiger partial charge < -0.3 is 13.9 Å². The Hall–Kier alpha value is -1.09. The Labute approximate surface area is 181 Å². The van der Waals surface area contributed by atoms with Crippen molar-refractivity contribution in [3.8, 4) is 5.75 Å². The van der Waals surface area contributed by atoms with Crippen LogP contribution in [0.2, 0.25) is 0 Å². The van der Waals surface area contributed by atoms with Crippen molar-refractivity contribution in [1.29, 1.82) is 0 Å². The number of halogens is 1. The van der Waals surface area contributed by atoms with Gasteiger partial charge in [0.2, 0.25) is 0 Å². The highest BCUT2D eigenvalue weighted by Gasteiger charge is 2.14. The Morgan fingerprint density at radius 2 is 1.07 bits per heavy atom. The topological polar surface area (TPSA) is 9.23 Å². The molecule has 0 saturated carbocycles. The van der Waals surface area contributed by atoms with Crippen molar-refractivity contribution < 1.29 is 13.9 Å². The largest absolute Gasteiger partial charge is 1.00 e. The number of hydrogen-bond donors (Lipinski definition) is 0. The number of unbranched alkanes of at least 4 members (excludes halogenated alkanes) is 13. The number of para-hydroxylation sites is 1. The monoisotopic (exact) mass is 409 g/mol. The van der Waals surface area contributed by atoms with Gasteiger partial charge in [-0.2, -0.15) is 0 Å². The van der Waals surface area contributed by atoms with Crippen molar-refractivity contribution in [3.05, 3.63) is 30.3 Å². The second-order valence-corrected chi connectivity index (χ2v) is 9.14. The number of rotatable bonds is 19. The van der Waals surface area contributed by atoms with Crippen molar-refractivity contribution in [1.82, 2.24) is 0 Å². The molecule has 2 nitrogen and oxygen atoms in total. The highest BCUT2D eigenvalue weighted by atomic mass is 19.0. The number of ether oxygens (including phenoxy) is 1. The van der Waals surface area contributed by atoms with E-state index in [0.717, 1.165) is 23.4 Å². The first-order valence-corrected chi connectivity index (χ1v) is 12.1. The minimum absolute atomic E-state index is 0. The number of hydrogen-bond acceptors (Lipinski definition) is 1. The molecule has 0 saturated heterocycles. The maximum Gasteiger partial charge on any atom is 0.137 e. The van der Waals surface area contributed by atoms with Crippen LogP contribution in [0.5, 0.6) is 5.75 Å². The molecule has 0 N–H and O–H groups in total. The Bertz CT molecular complexity index is 449. The van der Waals surface area contributed by atoms with Crippen molar-refractivity contribution in [2.75, 3.05) is 33.8 Å². The zero-order valence-electron chi connectivity index (χ0n) is 19.6. The Kier molecular flexibility index (Phi) is 18.2. The summed E-state index contributed by atoms with van der Waals surface area (Å²) in [5, 5.41) is 0. The van der Waals surface area contributed by atoms with E-state index in [9.17, 15) is 0 Å². The van der Waals surface area contributed by atoms with Gasteiger partial charge >= 0.3 is 0 Å². The van der Waals surface area contributed by atoms with Gasteiger partial charge in [0.05, 0.1) is 20.6 Å². The van der Waals surface area contributed by atoms with E-state index in [1.54, 1.807) is 0 Å². The summed E-state index contributed by atoms with van der Waals surface area (Å²) in [6, 6.07) is 10.2. The fourth-order valence-electron chi connectivity index (χ4n) is 3.77. The summed E-state index contributed by atoms with van der Waals surface area (Å²) in [7, 11) is 4.66. The van der Waals surface area contributed by atoms with E-state index in [-0.39, 0.29) is 4.70 Å². The highest BCUT2D eigenvalue weighted by Crippen LogP contribution is 2.14. The summed E-state index contributed by atoms with van der Waals surface area (Å²) in [5.41, 5.74) is 0. The third kappa shape index (κ3) is 17.5. The summed E-state index contributed by atoms with van der Waals surface area (Å²) >= 11 is 0. The van der Waals surface area contributed by atoms with Crippen LogP contribution in [0.25, 0.3) is 0 Å². The molecule has 3 heteroatoms. The lowest BCUT2D eigenvalue weighted by molar-refractivity contribution is -0.890. The molecular formula is C26H48FNO. The number of benzene rings is 1. The van der Waals surface area contributed by atoms with Crippen molar-refractivity contribution >= 4 is 0 Å². The molecule has 170 valence electrons. The zero-order valence-corrected chi connectivity index (χ0v) is 19.6. The first kappa shape index (κ1) is 27.9. The van der Waals surface area contributed by atoms with Crippen LogP contribution in [0.15, 0.2) is 30.3 Å². The lowest BCUT2D eigenvalue weighted by atomic mass is 10.0. The number of nitrogens with zero attached hydrogens (tertiary/aromatic N) is 1. The molecule has 0 radical (unpaired) electrons. The molecule has 1 aromatic rings. The van der Waals surface area contributed by atoms with Gasteiger partial charge in [0.1, 0.15) is 18.9 Å². The van der Waals surface area contributed by atoms with Gasteiger partial charge in [0, 0.05) is 0 Å². The average Bonchev–Trinajstić information content (AvgIpc) is 2.69. The molecule has 0 aromatic heterocycles. The average molecular weight is 410 g/mol. The molecule has 1 rings (SSSR count). The molecular weight excluding hydrogens is 361 g/mol. The Balaban J connectivity index is 0.00000784. The summed E-state index contributed by atoms with van der Waals surface area (Å²) in [5.74, 6) is 0.985. The molecule has 0 heterocycles. The van der Waals surface area contributed by atoms with Gasteiger partial charge in [0.25, 0.3) is 0 Å². The number of quaternary nitrogens is 1. The molecule has 0 aliphatic carbocycles. The smallest absolute Gasteiger partial charge is 0.137 e. The van der Waals surface area contributed by atoms with Crippen molar-refractivity contribution in [2.45, 2.75) is 96.8 Å².